The zero-order valence-electron chi connectivity index (χ0n) is 8.63. The Kier molecular flexibility index (Phi) is 3.75. The molecule has 1 aromatic heterocycles. The third kappa shape index (κ3) is 3.04. The quantitative estimate of drug-likeness (QED) is 0.477. The number of nitro benzene ring substituents is 1. The first-order valence-electron chi connectivity index (χ1n) is 4.76. The van der Waals surface area contributed by atoms with Crippen molar-refractivity contribution in [2.24, 2.45) is 0 Å². The van der Waals surface area contributed by atoms with Gasteiger partial charge in [-0.1, -0.05) is 12.1 Å². The van der Waals surface area contributed by atoms with Crippen LogP contribution in [0.25, 0.3) is 0 Å². The summed E-state index contributed by atoms with van der Waals surface area (Å²) in [5, 5.41) is 12.4. The highest BCUT2D eigenvalue weighted by molar-refractivity contribution is 8.00. The number of thiophene rings is 1. The van der Waals surface area contributed by atoms with E-state index in [0.29, 0.717) is 5.75 Å². The summed E-state index contributed by atoms with van der Waals surface area (Å²) in [7, 11) is 0. The molecule has 0 saturated heterocycles. The van der Waals surface area contributed by atoms with E-state index in [2.05, 4.69) is 0 Å². The normalized spacial score (nSPS) is 10.4. The molecule has 88 valence electrons. The Morgan fingerprint density at radius 3 is 2.82 bits per heavy atom. The van der Waals surface area contributed by atoms with Crippen molar-refractivity contribution in [3.63, 3.8) is 0 Å². The molecule has 1 heterocycles. The Labute approximate surface area is 105 Å². The van der Waals surface area contributed by atoms with Gasteiger partial charge in [-0.05, 0) is 23.1 Å². The minimum absolute atomic E-state index is 0.477. The van der Waals surface area contributed by atoms with E-state index in [1.54, 1.807) is 29.2 Å². The zero-order valence-corrected chi connectivity index (χ0v) is 10.3. The number of benzene rings is 1. The molecule has 0 radical (unpaired) electrons. The summed E-state index contributed by atoms with van der Waals surface area (Å²) in [5.41, 5.74) is 0.265. The average molecular weight is 269 g/mol. The van der Waals surface area contributed by atoms with Crippen molar-refractivity contribution in [1.82, 2.24) is 0 Å². The van der Waals surface area contributed by atoms with E-state index < -0.39 is 16.4 Å². The van der Waals surface area contributed by atoms with Gasteiger partial charge in [-0.3, -0.25) is 10.1 Å². The number of hydrogen-bond donors (Lipinski definition) is 0. The smallest absolute Gasteiger partial charge is 0.258 e. The van der Waals surface area contributed by atoms with E-state index in [-0.39, 0.29) is 0 Å². The second kappa shape index (κ2) is 5.29. The summed E-state index contributed by atoms with van der Waals surface area (Å²) in [6.45, 7) is 0. The minimum Gasteiger partial charge on any atom is -0.258 e. The molecule has 0 saturated carbocycles. The van der Waals surface area contributed by atoms with Gasteiger partial charge in [0.2, 0.25) is 5.82 Å². The maximum absolute atomic E-state index is 13.3. The number of rotatable bonds is 4. The molecule has 6 heteroatoms. The van der Waals surface area contributed by atoms with Gasteiger partial charge in [0.05, 0.1) is 9.13 Å². The molecular formula is C11H8FNO2S2. The van der Waals surface area contributed by atoms with Gasteiger partial charge in [-0.2, -0.15) is 4.39 Å². The van der Waals surface area contributed by atoms with Crippen molar-refractivity contribution in [3.8, 4) is 0 Å². The van der Waals surface area contributed by atoms with Crippen molar-refractivity contribution in [3.05, 3.63) is 57.2 Å². The lowest BCUT2D eigenvalue weighted by atomic mass is 10.2. The Bertz CT molecular complexity index is 528. The van der Waals surface area contributed by atoms with Crippen LogP contribution in [0.2, 0.25) is 0 Å². The van der Waals surface area contributed by atoms with Gasteiger partial charge in [0.1, 0.15) is 0 Å². The largest absolute Gasteiger partial charge is 0.304 e. The third-order valence-electron chi connectivity index (χ3n) is 2.08. The van der Waals surface area contributed by atoms with Crippen LogP contribution in [0.1, 0.15) is 5.56 Å². The van der Waals surface area contributed by atoms with Crippen molar-refractivity contribution >= 4 is 28.8 Å². The lowest BCUT2D eigenvalue weighted by Gasteiger charge is -2.00. The molecule has 0 aliphatic heterocycles. The lowest BCUT2D eigenvalue weighted by Crippen LogP contribution is -1.93. The molecule has 0 bridgehead atoms. The molecule has 3 nitrogen and oxygen atoms in total. The Morgan fingerprint density at radius 2 is 2.24 bits per heavy atom. The fourth-order valence-electron chi connectivity index (χ4n) is 1.29. The number of thioether (sulfide) groups is 1. The van der Waals surface area contributed by atoms with Crippen LogP contribution in [0.15, 0.2) is 39.9 Å². The molecule has 2 aromatic rings. The molecule has 0 amide bonds. The first-order valence-corrected chi connectivity index (χ1v) is 6.62. The standard InChI is InChI=1S/C11H8FNO2S2/c12-9-6-8(3-4-10(9)13(14)15)7-17-11-2-1-5-16-11/h1-6H,7H2. The monoisotopic (exact) mass is 269 g/mol. The highest BCUT2D eigenvalue weighted by atomic mass is 32.2. The molecule has 0 N–H and O–H groups in total. The summed E-state index contributed by atoms with van der Waals surface area (Å²) < 4.78 is 14.5. The van der Waals surface area contributed by atoms with Crippen molar-refractivity contribution in [2.75, 3.05) is 0 Å². The highest BCUT2D eigenvalue weighted by Crippen LogP contribution is 2.28. The van der Waals surface area contributed by atoms with Crippen molar-refractivity contribution in [1.29, 1.82) is 0 Å². The first-order chi connectivity index (χ1) is 8.16. The summed E-state index contributed by atoms with van der Waals surface area (Å²) in [6.07, 6.45) is 0. The van der Waals surface area contributed by atoms with Crippen LogP contribution in [0, 0.1) is 15.9 Å². The van der Waals surface area contributed by atoms with Crippen LogP contribution in [0.5, 0.6) is 0 Å². The predicted molar refractivity (Wildman–Crippen MR) is 66.9 cm³/mol. The lowest BCUT2D eigenvalue weighted by molar-refractivity contribution is -0.387. The second-order valence-electron chi connectivity index (χ2n) is 3.26. The summed E-state index contributed by atoms with van der Waals surface area (Å²) in [6, 6.07) is 7.95. The van der Waals surface area contributed by atoms with Gasteiger partial charge in [0, 0.05) is 11.8 Å². The molecule has 0 atom stereocenters. The molecule has 2 rings (SSSR count). The first kappa shape index (κ1) is 12.1. The van der Waals surface area contributed by atoms with Crippen LogP contribution >= 0.6 is 23.1 Å². The molecule has 17 heavy (non-hydrogen) atoms. The van der Waals surface area contributed by atoms with E-state index in [9.17, 15) is 14.5 Å². The van der Waals surface area contributed by atoms with Gasteiger partial charge in [-0.15, -0.1) is 23.1 Å². The van der Waals surface area contributed by atoms with Crippen LogP contribution in [-0.2, 0) is 5.75 Å². The van der Waals surface area contributed by atoms with Gasteiger partial charge < -0.3 is 0 Å². The zero-order chi connectivity index (χ0) is 12.3. The summed E-state index contributed by atoms with van der Waals surface area (Å²) in [4.78, 5) is 9.72. The molecule has 1 aromatic carbocycles. The number of hydrogen-bond acceptors (Lipinski definition) is 4. The number of halogens is 1. The van der Waals surface area contributed by atoms with E-state index in [4.69, 9.17) is 0 Å². The van der Waals surface area contributed by atoms with Gasteiger partial charge >= 0.3 is 5.69 Å². The van der Waals surface area contributed by atoms with Gasteiger partial charge in [0.25, 0.3) is 0 Å². The van der Waals surface area contributed by atoms with Gasteiger partial charge in [0.15, 0.2) is 0 Å². The fraction of sp³-hybridized carbons (Fsp3) is 0.0909. The fourth-order valence-corrected chi connectivity index (χ4v) is 3.02. The van der Waals surface area contributed by atoms with E-state index in [1.165, 1.54) is 12.1 Å². The molecule has 0 fully saturated rings. The molecular weight excluding hydrogens is 261 g/mol. The maximum atomic E-state index is 13.3. The van der Waals surface area contributed by atoms with E-state index >= 15 is 0 Å². The second-order valence-corrected chi connectivity index (χ2v) is 5.49. The van der Waals surface area contributed by atoms with Gasteiger partial charge in [-0.25, -0.2) is 0 Å². The number of nitrogens with zero attached hydrogens (tertiary/aromatic N) is 1. The average Bonchev–Trinajstić information content (AvgIpc) is 2.78. The third-order valence-corrected chi connectivity index (χ3v) is 4.29. The highest BCUT2D eigenvalue weighted by Gasteiger charge is 2.13. The minimum atomic E-state index is -0.778. The topological polar surface area (TPSA) is 43.1 Å². The van der Waals surface area contributed by atoms with E-state index in [1.807, 2.05) is 17.5 Å². The predicted octanol–water partition coefficient (Wildman–Crippen LogP) is 4.09. The molecule has 0 unspecified atom stereocenters. The van der Waals surface area contributed by atoms with Crippen molar-refractivity contribution < 1.29 is 9.31 Å². The SMILES string of the molecule is O=[N+]([O-])c1ccc(CSc2cccs2)cc1F. The molecule has 0 spiro atoms. The van der Waals surface area contributed by atoms with Crippen LogP contribution in [0.3, 0.4) is 0 Å². The molecule has 0 aliphatic rings. The maximum Gasteiger partial charge on any atom is 0.304 e. The Hall–Kier alpha value is -1.40. The Morgan fingerprint density at radius 1 is 1.41 bits per heavy atom. The Balaban J connectivity index is 2.07. The van der Waals surface area contributed by atoms with Crippen molar-refractivity contribution in [2.45, 2.75) is 9.96 Å². The number of nitro groups is 1. The van der Waals surface area contributed by atoms with Crippen LogP contribution in [0.4, 0.5) is 10.1 Å². The van der Waals surface area contributed by atoms with Crippen LogP contribution in [-0.4, -0.2) is 4.92 Å². The van der Waals surface area contributed by atoms with Crippen LogP contribution < -0.4 is 0 Å². The molecule has 0 aliphatic carbocycles. The summed E-state index contributed by atoms with van der Waals surface area (Å²) >= 11 is 3.20. The van der Waals surface area contributed by atoms with E-state index in [0.717, 1.165) is 9.77 Å². The summed E-state index contributed by atoms with van der Waals surface area (Å²) in [5.74, 6) is -0.172.